The molecule has 1 fully saturated rings. The molecule has 0 spiro atoms. The summed E-state index contributed by atoms with van der Waals surface area (Å²) < 4.78 is 10.5. The SMILES string of the molecule is Cc1cc(NC(=O)c2ccc(CN3CCCCC3)o2)no1. The molecule has 0 atom stereocenters. The van der Waals surface area contributed by atoms with E-state index in [1.54, 1.807) is 19.1 Å². The number of furan rings is 1. The van der Waals surface area contributed by atoms with Crippen molar-refractivity contribution in [1.29, 1.82) is 0 Å². The molecule has 2 aromatic rings. The topological polar surface area (TPSA) is 71.5 Å². The number of aromatic nitrogens is 1. The highest BCUT2D eigenvalue weighted by molar-refractivity contribution is 6.01. The van der Waals surface area contributed by atoms with Gasteiger partial charge < -0.3 is 14.3 Å². The summed E-state index contributed by atoms with van der Waals surface area (Å²) >= 11 is 0. The molecule has 3 heterocycles. The molecule has 2 aromatic heterocycles. The van der Waals surface area contributed by atoms with Crippen molar-refractivity contribution >= 4 is 11.7 Å². The van der Waals surface area contributed by atoms with Gasteiger partial charge in [0.2, 0.25) is 0 Å². The number of amides is 1. The number of nitrogens with one attached hydrogen (secondary N) is 1. The molecule has 112 valence electrons. The van der Waals surface area contributed by atoms with Crippen molar-refractivity contribution in [3.05, 3.63) is 35.5 Å². The van der Waals surface area contributed by atoms with Gasteiger partial charge in [-0.05, 0) is 45.0 Å². The van der Waals surface area contributed by atoms with Gasteiger partial charge in [0.1, 0.15) is 11.5 Å². The molecule has 0 aliphatic carbocycles. The standard InChI is InChI=1S/C15H19N3O3/c1-11-9-14(17-21-11)16-15(19)13-6-5-12(20-13)10-18-7-3-2-4-8-18/h5-6,9H,2-4,7-8,10H2,1H3,(H,16,17,19). The Bertz CT molecular complexity index is 611. The van der Waals surface area contributed by atoms with E-state index >= 15 is 0 Å². The largest absolute Gasteiger partial charge is 0.455 e. The van der Waals surface area contributed by atoms with Gasteiger partial charge in [0.25, 0.3) is 5.91 Å². The number of hydrogen-bond acceptors (Lipinski definition) is 5. The number of nitrogens with zero attached hydrogens (tertiary/aromatic N) is 2. The number of carbonyl (C=O) groups is 1. The average molecular weight is 289 g/mol. The number of likely N-dealkylation sites (tertiary alicyclic amines) is 1. The molecule has 6 nitrogen and oxygen atoms in total. The Hall–Kier alpha value is -2.08. The van der Waals surface area contributed by atoms with Crippen LogP contribution in [0, 0.1) is 6.92 Å². The third kappa shape index (κ3) is 3.52. The monoisotopic (exact) mass is 289 g/mol. The van der Waals surface area contributed by atoms with Gasteiger partial charge >= 0.3 is 0 Å². The molecular formula is C15H19N3O3. The first-order chi connectivity index (χ1) is 10.2. The lowest BCUT2D eigenvalue weighted by Crippen LogP contribution is -2.28. The first kappa shape index (κ1) is 13.9. The zero-order valence-corrected chi connectivity index (χ0v) is 12.1. The van der Waals surface area contributed by atoms with Crippen molar-refractivity contribution in [2.45, 2.75) is 32.7 Å². The second kappa shape index (κ2) is 6.13. The fraction of sp³-hybridized carbons (Fsp3) is 0.467. The van der Waals surface area contributed by atoms with Crippen molar-refractivity contribution < 1.29 is 13.7 Å². The minimum Gasteiger partial charge on any atom is -0.455 e. The van der Waals surface area contributed by atoms with Crippen molar-refractivity contribution in [3.8, 4) is 0 Å². The van der Waals surface area contributed by atoms with Gasteiger partial charge in [-0.15, -0.1) is 0 Å². The summed E-state index contributed by atoms with van der Waals surface area (Å²) in [6.07, 6.45) is 3.78. The molecule has 0 aromatic carbocycles. The lowest BCUT2D eigenvalue weighted by molar-refractivity contribution is 0.0991. The van der Waals surface area contributed by atoms with Crippen LogP contribution in [0.5, 0.6) is 0 Å². The Kier molecular flexibility index (Phi) is 4.06. The Balaban J connectivity index is 1.59. The highest BCUT2D eigenvalue weighted by Gasteiger charge is 2.16. The molecule has 1 N–H and O–H groups in total. The Labute approximate surface area is 123 Å². The van der Waals surface area contributed by atoms with E-state index in [9.17, 15) is 4.79 Å². The van der Waals surface area contributed by atoms with Crippen molar-refractivity contribution in [2.24, 2.45) is 0 Å². The van der Waals surface area contributed by atoms with Gasteiger partial charge in [-0.3, -0.25) is 9.69 Å². The smallest absolute Gasteiger partial charge is 0.292 e. The lowest BCUT2D eigenvalue weighted by atomic mass is 10.1. The van der Waals surface area contributed by atoms with Crippen LogP contribution < -0.4 is 5.32 Å². The highest BCUT2D eigenvalue weighted by atomic mass is 16.5. The van der Waals surface area contributed by atoms with Crippen molar-refractivity contribution in [1.82, 2.24) is 10.1 Å². The molecule has 1 aliphatic heterocycles. The molecule has 1 aliphatic rings. The first-order valence-corrected chi connectivity index (χ1v) is 7.26. The average Bonchev–Trinajstić information content (AvgIpc) is 3.09. The molecule has 0 bridgehead atoms. The van der Waals surface area contributed by atoms with E-state index in [-0.39, 0.29) is 5.91 Å². The van der Waals surface area contributed by atoms with Gasteiger partial charge in [0, 0.05) is 6.07 Å². The number of anilines is 1. The van der Waals surface area contributed by atoms with Gasteiger partial charge in [0.05, 0.1) is 6.54 Å². The van der Waals surface area contributed by atoms with Crippen molar-refractivity contribution in [3.63, 3.8) is 0 Å². The van der Waals surface area contributed by atoms with Crippen LogP contribution in [0.2, 0.25) is 0 Å². The number of piperidine rings is 1. The predicted molar refractivity (Wildman–Crippen MR) is 77.0 cm³/mol. The third-order valence-corrected chi connectivity index (χ3v) is 3.58. The minimum atomic E-state index is -0.312. The van der Waals surface area contributed by atoms with Crippen LogP contribution in [-0.4, -0.2) is 29.1 Å². The third-order valence-electron chi connectivity index (χ3n) is 3.58. The maximum atomic E-state index is 12.0. The van der Waals surface area contributed by atoms with E-state index in [0.717, 1.165) is 25.4 Å². The first-order valence-electron chi connectivity index (χ1n) is 7.26. The Morgan fingerprint density at radius 1 is 1.33 bits per heavy atom. The number of aryl methyl sites for hydroxylation is 1. The van der Waals surface area contributed by atoms with Crippen LogP contribution in [0.25, 0.3) is 0 Å². The molecule has 0 unspecified atom stereocenters. The van der Waals surface area contributed by atoms with Crippen molar-refractivity contribution in [2.75, 3.05) is 18.4 Å². The summed E-state index contributed by atoms with van der Waals surface area (Å²) in [6.45, 7) is 4.73. The quantitative estimate of drug-likeness (QED) is 0.937. The summed E-state index contributed by atoms with van der Waals surface area (Å²) in [5, 5.41) is 6.37. The zero-order chi connectivity index (χ0) is 14.7. The molecule has 1 saturated heterocycles. The minimum absolute atomic E-state index is 0.294. The molecule has 0 saturated carbocycles. The second-order valence-corrected chi connectivity index (χ2v) is 5.38. The van der Waals surface area contributed by atoms with Crippen LogP contribution in [0.15, 0.2) is 27.1 Å². The van der Waals surface area contributed by atoms with Crippen LogP contribution in [0.1, 0.15) is 41.3 Å². The van der Waals surface area contributed by atoms with Gasteiger partial charge in [-0.1, -0.05) is 11.6 Å². The van der Waals surface area contributed by atoms with Gasteiger partial charge in [-0.2, -0.15) is 0 Å². The van der Waals surface area contributed by atoms with E-state index in [1.807, 2.05) is 6.07 Å². The van der Waals surface area contributed by atoms with E-state index in [1.165, 1.54) is 19.3 Å². The second-order valence-electron chi connectivity index (χ2n) is 5.38. The number of carbonyl (C=O) groups excluding carboxylic acids is 1. The van der Waals surface area contributed by atoms with Crippen LogP contribution in [-0.2, 0) is 6.54 Å². The summed E-state index contributed by atoms with van der Waals surface area (Å²) in [7, 11) is 0. The Morgan fingerprint density at radius 3 is 2.86 bits per heavy atom. The molecule has 21 heavy (non-hydrogen) atoms. The fourth-order valence-corrected chi connectivity index (χ4v) is 2.53. The van der Waals surface area contributed by atoms with Crippen LogP contribution >= 0.6 is 0 Å². The fourth-order valence-electron chi connectivity index (χ4n) is 2.53. The predicted octanol–water partition coefficient (Wildman–Crippen LogP) is 2.81. The summed E-state index contributed by atoms with van der Waals surface area (Å²) in [5.74, 6) is 1.84. The van der Waals surface area contributed by atoms with Crippen LogP contribution in [0.3, 0.4) is 0 Å². The molecule has 1 amide bonds. The van der Waals surface area contributed by atoms with E-state index in [4.69, 9.17) is 8.94 Å². The summed E-state index contributed by atoms with van der Waals surface area (Å²) in [4.78, 5) is 14.4. The molecule has 0 radical (unpaired) electrons. The van der Waals surface area contributed by atoms with Gasteiger partial charge in [0.15, 0.2) is 11.6 Å². The van der Waals surface area contributed by atoms with Crippen LogP contribution in [0.4, 0.5) is 5.82 Å². The highest BCUT2D eigenvalue weighted by Crippen LogP contribution is 2.16. The van der Waals surface area contributed by atoms with E-state index < -0.39 is 0 Å². The summed E-state index contributed by atoms with van der Waals surface area (Å²) in [6, 6.07) is 5.22. The Morgan fingerprint density at radius 2 is 2.14 bits per heavy atom. The normalized spacial score (nSPS) is 16.0. The zero-order valence-electron chi connectivity index (χ0n) is 12.1. The van der Waals surface area contributed by atoms with E-state index in [0.29, 0.717) is 17.3 Å². The molecule has 3 rings (SSSR count). The maximum Gasteiger partial charge on any atom is 0.292 e. The lowest BCUT2D eigenvalue weighted by Gasteiger charge is -2.25. The number of hydrogen-bond donors (Lipinski definition) is 1. The number of rotatable bonds is 4. The molecule has 6 heteroatoms. The van der Waals surface area contributed by atoms with E-state index in [2.05, 4.69) is 15.4 Å². The maximum absolute atomic E-state index is 12.0. The summed E-state index contributed by atoms with van der Waals surface area (Å²) in [5.41, 5.74) is 0. The van der Waals surface area contributed by atoms with Gasteiger partial charge in [-0.25, -0.2) is 0 Å². The molecular weight excluding hydrogens is 270 g/mol.